The summed E-state index contributed by atoms with van der Waals surface area (Å²) in [5.41, 5.74) is 6.67. The van der Waals surface area contributed by atoms with Gasteiger partial charge in [0, 0.05) is 10.6 Å². The molecule has 0 aromatic heterocycles. The molecule has 0 aliphatic heterocycles. The Labute approximate surface area is 165 Å². The van der Waals surface area contributed by atoms with Crippen LogP contribution in [-0.2, 0) is 10.5 Å². The number of carbonyl (C=O) groups is 1. The third-order valence-corrected chi connectivity index (χ3v) is 5.21. The van der Waals surface area contributed by atoms with Crippen LogP contribution in [0, 0.1) is 5.82 Å². The molecule has 3 rings (SSSR count). The predicted octanol–water partition coefficient (Wildman–Crippen LogP) is 5.51. The monoisotopic (exact) mass is 400 g/mol. The zero-order chi connectivity index (χ0) is 20.1. The van der Waals surface area contributed by atoms with Crippen LogP contribution in [0.25, 0.3) is 0 Å². The first-order valence-corrected chi connectivity index (χ1v) is 9.39. The minimum Gasteiger partial charge on any atom is -0.465 e. The largest absolute Gasteiger partial charge is 0.465 e. The zero-order valence-corrected chi connectivity index (χ0v) is 15.9. The molecule has 0 aliphatic carbocycles. The molecule has 4 nitrogen and oxygen atoms in total. The van der Waals surface area contributed by atoms with E-state index in [1.807, 2.05) is 30.3 Å². The van der Waals surface area contributed by atoms with Crippen LogP contribution < -0.4 is 10.9 Å². The van der Waals surface area contributed by atoms with E-state index in [2.05, 4.69) is 4.74 Å². The summed E-state index contributed by atoms with van der Waals surface area (Å²) in [6.07, 6.45) is 0. The highest BCUT2D eigenvalue weighted by atomic mass is 32.2. The first-order chi connectivity index (χ1) is 13.5. The Morgan fingerprint density at radius 2 is 1.86 bits per heavy atom. The van der Waals surface area contributed by atoms with Crippen molar-refractivity contribution >= 4 is 34.8 Å². The number of thioether (sulfide) groups is 1. The number of nitrogens with zero attached hydrogens (tertiary/aromatic N) is 1. The third kappa shape index (κ3) is 4.26. The van der Waals surface area contributed by atoms with Gasteiger partial charge < -0.3 is 10.5 Å². The van der Waals surface area contributed by atoms with Gasteiger partial charge in [0.2, 0.25) is 0 Å². The van der Waals surface area contributed by atoms with Gasteiger partial charge in [0.1, 0.15) is 5.69 Å². The van der Waals surface area contributed by atoms with Crippen molar-refractivity contribution in [2.24, 2.45) is 0 Å². The van der Waals surface area contributed by atoms with Crippen molar-refractivity contribution in [1.29, 1.82) is 0 Å². The number of nitrogen functional groups attached to an aromatic ring is 1. The number of hydrogen-bond donors (Lipinski definition) is 1. The molecule has 0 radical (unpaired) electrons. The number of nitrogens with two attached hydrogens (primary N) is 1. The van der Waals surface area contributed by atoms with Gasteiger partial charge in [0.15, 0.2) is 5.82 Å². The van der Waals surface area contributed by atoms with Crippen molar-refractivity contribution in [3.05, 3.63) is 83.7 Å². The summed E-state index contributed by atoms with van der Waals surface area (Å²) in [6, 6.07) is 18.3. The van der Waals surface area contributed by atoms with Gasteiger partial charge in [-0.15, -0.1) is 11.8 Å². The molecule has 0 fully saturated rings. The highest BCUT2D eigenvalue weighted by molar-refractivity contribution is 7.98. The summed E-state index contributed by atoms with van der Waals surface area (Å²) < 4.78 is 34.2. The van der Waals surface area contributed by atoms with E-state index >= 15 is 0 Å². The van der Waals surface area contributed by atoms with Gasteiger partial charge in [0.05, 0.1) is 24.0 Å². The fraction of sp³-hybridized carbons (Fsp3) is 0.0952. The van der Waals surface area contributed by atoms with E-state index < -0.39 is 11.8 Å². The number of ether oxygens (including phenoxy) is 1. The quantitative estimate of drug-likeness (QED) is 0.256. The average molecular weight is 400 g/mol. The van der Waals surface area contributed by atoms with Crippen molar-refractivity contribution in [1.82, 2.24) is 0 Å². The van der Waals surface area contributed by atoms with Crippen molar-refractivity contribution in [3.63, 3.8) is 0 Å². The number of esters is 1. The first kappa shape index (κ1) is 19.7. The van der Waals surface area contributed by atoms with Crippen LogP contribution in [0.5, 0.6) is 0 Å². The Morgan fingerprint density at radius 1 is 1.11 bits per heavy atom. The van der Waals surface area contributed by atoms with Crippen LogP contribution in [0.2, 0.25) is 0 Å². The van der Waals surface area contributed by atoms with Crippen LogP contribution >= 0.6 is 11.8 Å². The standard InChI is InChI=1S/C21H18F2N2O2S/c1-27-21(26)15-8-5-9-16(12-15)25(23)17-10-11-18(20(24)19(17)22)28-13-14-6-3-2-4-7-14/h2-12H,13,24H2,1H3. The fourth-order valence-electron chi connectivity index (χ4n) is 2.59. The lowest BCUT2D eigenvalue weighted by Gasteiger charge is -2.17. The summed E-state index contributed by atoms with van der Waals surface area (Å²) in [5.74, 6) is -0.850. The van der Waals surface area contributed by atoms with E-state index in [9.17, 15) is 13.7 Å². The Hall–Kier alpha value is -3.06. The number of anilines is 3. The minimum atomic E-state index is -0.857. The first-order valence-electron chi connectivity index (χ1n) is 8.40. The Morgan fingerprint density at radius 3 is 2.57 bits per heavy atom. The SMILES string of the molecule is COC(=O)c1cccc(N(F)c2ccc(SCc3ccccc3)c(N)c2F)c1. The highest BCUT2D eigenvalue weighted by Crippen LogP contribution is 2.37. The van der Waals surface area contributed by atoms with Gasteiger partial charge >= 0.3 is 5.97 Å². The topological polar surface area (TPSA) is 55.6 Å². The van der Waals surface area contributed by atoms with Gasteiger partial charge in [-0.05, 0) is 35.9 Å². The molecule has 0 unspecified atom stereocenters. The van der Waals surface area contributed by atoms with Gasteiger partial charge in [-0.25, -0.2) is 9.18 Å². The van der Waals surface area contributed by atoms with Crippen molar-refractivity contribution in [3.8, 4) is 0 Å². The number of benzene rings is 3. The average Bonchev–Trinajstić information content (AvgIpc) is 2.74. The molecular formula is C21H18F2N2O2S. The Balaban J connectivity index is 1.83. The van der Waals surface area contributed by atoms with Crippen LogP contribution in [-0.4, -0.2) is 13.1 Å². The lowest BCUT2D eigenvalue weighted by Crippen LogP contribution is -2.09. The molecule has 0 atom stereocenters. The van der Waals surface area contributed by atoms with Crippen LogP contribution in [0.1, 0.15) is 15.9 Å². The summed E-state index contributed by atoms with van der Waals surface area (Å²) in [7, 11) is 1.23. The molecule has 2 N–H and O–H groups in total. The molecule has 0 bridgehead atoms. The third-order valence-electron chi connectivity index (χ3n) is 4.06. The van der Waals surface area contributed by atoms with E-state index in [-0.39, 0.29) is 27.7 Å². The molecule has 28 heavy (non-hydrogen) atoms. The lowest BCUT2D eigenvalue weighted by molar-refractivity contribution is 0.0601. The van der Waals surface area contributed by atoms with E-state index in [0.717, 1.165) is 5.56 Å². The van der Waals surface area contributed by atoms with Crippen LogP contribution in [0.3, 0.4) is 0 Å². The zero-order valence-electron chi connectivity index (χ0n) is 15.1. The molecule has 0 saturated heterocycles. The normalized spacial score (nSPS) is 10.5. The molecular weight excluding hydrogens is 382 g/mol. The van der Waals surface area contributed by atoms with Crippen molar-refractivity contribution in [2.75, 3.05) is 18.0 Å². The maximum Gasteiger partial charge on any atom is 0.337 e. The Kier molecular flexibility index (Phi) is 6.16. The summed E-state index contributed by atoms with van der Waals surface area (Å²) in [6.45, 7) is 0. The molecule has 7 heteroatoms. The smallest absolute Gasteiger partial charge is 0.337 e. The second kappa shape index (κ2) is 8.75. The number of carbonyl (C=O) groups excluding carboxylic acids is 1. The summed E-state index contributed by atoms with van der Waals surface area (Å²) in [5, 5.41) is 0.157. The van der Waals surface area contributed by atoms with Gasteiger partial charge in [-0.3, -0.25) is 0 Å². The van der Waals surface area contributed by atoms with E-state index in [1.165, 1.54) is 49.2 Å². The second-order valence-corrected chi connectivity index (χ2v) is 6.92. The minimum absolute atomic E-state index is 0.00844. The molecule has 0 saturated carbocycles. The Bertz CT molecular complexity index is 983. The highest BCUT2D eigenvalue weighted by Gasteiger charge is 2.19. The molecule has 144 valence electrons. The molecule has 0 aliphatic rings. The molecule has 3 aromatic rings. The van der Waals surface area contributed by atoms with Crippen LogP contribution in [0.15, 0.2) is 71.6 Å². The van der Waals surface area contributed by atoms with Gasteiger partial charge in [-0.1, -0.05) is 40.9 Å². The van der Waals surface area contributed by atoms with Gasteiger partial charge in [0.25, 0.3) is 0 Å². The van der Waals surface area contributed by atoms with E-state index in [1.54, 1.807) is 6.07 Å². The molecule has 0 spiro atoms. The number of halogens is 2. The molecule has 0 heterocycles. The van der Waals surface area contributed by atoms with E-state index in [0.29, 0.717) is 10.6 Å². The molecule has 0 amide bonds. The number of hydrogen-bond acceptors (Lipinski definition) is 5. The predicted molar refractivity (Wildman–Crippen MR) is 108 cm³/mol. The maximum atomic E-state index is 14.8. The number of rotatable bonds is 6. The van der Waals surface area contributed by atoms with Gasteiger partial charge in [-0.2, -0.15) is 5.12 Å². The molecule has 3 aromatic carbocycles. The lowest BCUT2D eigenvalue weighted by atomic mass is 10.2. The number of methoxy groups -OCH3 is 1. The second-order valence-electron chi connectivity index (χ2n) is 5.91. The van der Waals surface area contributed by atoms with Crippen LogP contribution in [0.4, 0.5) is 25.9 Å². The fourth-order valence-corrected chi connectivity index (χ4v) is 3.51. The van der Waals surface area contributed by atoms with Crippen molar-refractivity contribution in [2.45, 2.75) is 10.6 Å². The van der Waals surface area contributed by atoms with E-state index in [4.69, 9.17) is 5.73 Å². The maximum absolute atomic E-state index is 14.8. The summed E-state index contributed by atoms with van der Waals surface area (Å²) >= 11 is 1.37. The van der Waals surface area contributed by atoms with Crippen molar-refractivity contribution < 1.29 is 18.4 Å². The summed E-state index contributed by atoms with van der Waals surface area (Å²) in [4.78, 5) is 12.1.